The van der Waals surface area contributed by atoms with Gasteiger partial charge in [0.15, 0.2) is 5.60 Å². The lowest BCUT2D eigenvalue weighted by molar-refractivity contribution is -0.258. The maximum Gasteiger partial charge on any atom is 0.421 e. The van der Waals surface area contributed by atoms with Crippen LogP contribution in [0.5, 0.6) is 0 Å². The van der Waals surface area contributed by atoms with Crippen LogP contribution < -0.4 is 0 Å². The first-order valence-electron chi connectivity index (χ1n) is 7.73. The normalized spacial score (nSPS) is 17.4. The number of aldehydes is 1. The molecular weight excluding hydrogens is 317 g/mol. The van der Waals surface area contributed by atoms with Crippen molar-refractivity contribution in [1.29, 1.82) is 0 Å². The minimum Gasteiger partial charge on any atom is -0.376 e. The Labute approximate surface area is 137 Å². The van der Waals surface area contributed by atoms with Crippen molar-refractivity contribution in [3.05, 3.63) is 59.2 Å². The van der Waals surface area contributed by atoms with Crippen molar-refractivity contribution in [3.8, 4) is 11.1 Å². The third kappa shape index (κ3) is 2.96. The zero-order valence-corrected chi connectivity index (χ0v) is 13.1. The van der Waals surface area contributed by atoms with Gasteiger partial charge in [0, 0.05) is 5.56 Å². The van der Waals surface area contributed by atoms with E-state index in [2.05, 4.69) is 0 Å². The molecule has 1 saturated carbocycles. The van der Waals surface area contributed by atoms with Crippen LogP contribution in [-0.2, 0) is 5.60 Å². The van der Waals surface area contributed by atoms with Gasteiger partial charge in [-0.3, -0.25) is 4.79 Å². The Kier molecular flexibility index (Phi) is 4.00. The van der Waals surface area contributed by atoms with Crippen LogP contribution in [0.2, 0.25) is 0 Å². The molecule has 3 rings (SSSR count). The predicted molar refractivity (Wildman–Crippen MR) is 84.9 cm³/mol. The van der Waals surface area contributed by atoms with Gasteiger partial charge in [0.2, 0.25) is 0 Å². The first-order chi connectivity index (χ1) is 11.2. The van der Waals surface area contributed by atoms with E-state index in [1.54, 1.807) is 18.2 Å². The summed E-state index contributed by atoms with van der Waals surface area (Å²) in [5, 5.41) is 9.74. The molecule has 1 aliphatic carbocycles. The Bertz CT molecular complexity index is 757. The van der Waals surface area contributed by atoms with E-state index >= 15 is 0 Å². The molecule has 2 nitrogen and oxygen atoms in total. The van der Waals surface area contributed by atoms with Crippen molar-refractivity contribution in [1.82, 2.24) is 0 Å². The highest BCUT2D eigenvalue weighted by Gasteiger charge is 2.51. The van der Waals surface area contributed by atoms with Gasteiger partial charge in [0.1, 0.15) is 6.29 Å². The van der Waals surface area contributed by atoms with Gasteiger partial charge in [-0.25, -0.2) is 0 Å². The predicted octanol–water partition coefficient (Wildman–Crippen LogP) is 4.81. The van der Waals surface area contributed by atoms with Gasteiger partial charge < -0.3 is 5.11 Å². The van der Waals surface area contributed by atoms with Crippen molar-refractivity contribution in [2.75, 3.05) is 0 Å². The molecule has 1 atom stereocenters. The Morgan fingerprint density at radius 1 is 1.08 bits per heavy atom. The SMILES string of the molecule is CC(O)(c1ccc(-c2ccc(C=O)cc2C2CC2)cc1)C(F)(F)F. The zero-order valence-electron chi connectivity index (χ0n) is 13.1. The van der Waals surface area contributed by atoms with E-state index in [1.807, 2.05) is 12.1 Å². The van der Waals surface area contributed by atoms with Gasteiger partial charge in [0.05, 0.1) is 0 Å². The first-order valence-corrected chi connectivity index (χ1v) is 7.73. The van der Waals surface area contributed by atoms with E-state index in [4.69, 9.17) is 0 Å². The smallest absolute Gasteiger partial charge is 0.376 e. The van der Waals surface area contributed by atoms with E-state index < -0.39 is 11.8 Å². The average Bonchev–Trinajstić information content (AvgIpc) is 3.38. The van der Waals surface area contributed by atoms with Crippen LogP contribution in [0.1, 0.15) is 47.2 Å². The highest BCUT2D eigenvalue weighted by atomic mass is 19.4. The van der Waals surface area contributed by atoms with Crippen molar-refractivity contribution in [2.45, 2.75) is 37.5 Å². The van der Waals surface area contributed by atoms with Gasteiger partial charge in [-0.15, -0.1) is 0 Å². The van der Waals surface area contributed by atoms with E-state index in [0.717, 1.165) is 42.7 Å². The fraction of sp³-hybridized carbons (Fsp3) is 0.316. The lowest BCUT2D eigenvalue weighted by Gasteiger charge is -2.26. The standard InChI is InChI=1S/C19H17F3O2/c1-18(24,19(20,21)22)15-7-5-13(6-8-15)16-9-2-12(11-23)10-17(16)14-3-4-14/h2,5-11,14,24H,3-4H2,1H3. The monoisotopic (exact) mass is 334 g/mol. The molecule has 1 unspecified atom stereocenters. The second-order valence-electron chi connectivity index (χ2n) is 6.39. The summed E-state index contributed by atoms with van der Waals surface area (Å²) in [6, 6.07) is 11.1. The minimum absolute atomic E-state index is 0.198. The summed E-state index contributed by atoms with van der Waals surface area (Å²) < 4.78 is 38.8. The second kappa shape index (κ2) is 5.74. The highest BCUT2D eigenvalue weighted by molar-refractivity contribution is 5.79. The fourth-order valence-electron chi connectivity index (χ4n) is 2.79. The third-order valence-corrected chi connectivity index (χ3v) is 4.54. The Hall–Kier alpha value is -2.14. The number of carbonyl (C=O) groups excluding carboxylic acids is 1. The molecule has 1 fully saturated rings. The molecule has 2 aromatic carbocycles. The van der Waals surface area contributed by atoms with E-state index in [1.165, 1.54) is 12.1 Å². The maximum atomic E-state index is 12.9. The number of benzene rings is 2. The molecule has 0 radical (unpaired) electrons. The topological polar surface area (TPSA) is 37.3 Å². The lowest BCUT2D eigenvalue weighted by Crippen LogP contribution is -2.39. The van der Waals surface area contributed by atoms with Gasteiger partial charge in [-0.2, -0.15) is 13.2 Å². The summed E-state index contributed by atoms with van der Waals surface area (Å²) in [6.07, 6.45) is -1.84. The molecule has 0 aliphatic heterocycles. The molecule has 0 amide bonds. The molecular formula is C19H17F3O2. The van der Waals surface area contributed by atoms with Crippen molar-refractivity contribution >= 4 is 6.29 Å². The number of alkyl halides is 3. The second-order valence-corrected chi connectivity index (χ2v) is 6.39. The molecule has 2 aromatic rings. The fourth-order valence-corrected chi connectivity index (χ4v) is 2.79. The van der Waals surface area contributed by atoms with E-state index in [9.17, 15) is 23.1 Å². The number of halogens is 3. The van der Waals surface area contributed by atoms with E-state index in [0.29, 0.717) is 11.5 Å². The number of rotatable bonds is 4. The van der Waals surface area contributed by atoms with Crippen LogP contribution in [0.3, 0.4) is 0 Å². The van der Waals surface area contributed by atoms with Gasteiger partial charge >= 0.3 is 6.18 Å². The Morgan fingerprint density at radius 3 is 2.21 bits per heavy atom. The summed E-state index contributed by atoms with van der Waals surface area (Å²) in [5.41, 5.74) is 0.257. The minimum atomic E-state index is -4.74. The maximum absolute atomic E-state index is 12.9. The number of aliphatic hydroxyl groups is 1. The average molecular weight is 334 g/mol. The summed E-state index contributed by atoms with van der Waals surface area (Å²) in [6.45, 7) is 0.747. The number of hydrogen-bond donors (Lipinski definition) is 1. The molecule has 0 saturated heterocycles. The van der Waals surface area contributed by atoms with Crippen LogP contribution in [0, 0.1) is 0 Å². The molecule has 5 heteroatoms. The summed E-state index contributed by atoms with van der Waals surface area (Å²) in [5.74, 6) is 0.401. The molecule has 0 bridgehead atoms. The third-order valence-electron chi connectivity index (χ3n) is 4.54. The molecule has 1 aliphatic rings. The number of hydrogen-bond acceptors (Lipinski definition) is 2. The summed E-state index contributed by atoms with van der Waals surface area (Å²) in [4.78, 5) is 11.0. The largest absolute Gasteiger partial charge is 0.421 e. The van der Waals surface area contributed by atoms with Gasteiger partial charge in [-0.05, 0) is 54.0 Å². The molecule has 1 N–H and O–H groups in total. The molecule has 0 heterocycles. The summed E-state index contributed by atoms with van der Waals surface area (Å²) in [7, 11) is 0. The van der Waals surface area contributed by atoms with Gasteiger partial charge in [0.25, 0.3) is 0 Å². The number of carbonyl (C=O) groups is 1. The highest BCUT2D eigenvalue weighted by Crippen LogP contribution is 2.45. The molecule has 0 aromatic heterocycles. The van der Waals surface area contributed by atoms with Crippen molar-refractivity contribution < 1.29 is 23.1 Å². The van der Waals surface area contributed by atoms with Crippen molar-refractivity contribution in [2.24, 2.45) is 0 Å². The van der Waals surface area contributed by atoms with Gasteiger partial charge in [-0.1, -0.05) is 36.4 Å². The van der Waals surface area contributed by atoms with Crippen LogP contribution >= 0.6 is 0 Å². The van der Waals surface area contributed by atoms with Crippen molar-refractivity contribution in [3.63, 3.8) is 0 Å². The quantitative estimate of drug-likeness (QED) is 0.815. The molecule has 24 heavy (non-hydrogen) atoms. The zero-order chi connectivity index (χ0) is 17.5. The van der Waals surface area contributed by atoms with Crippen LogP contribution in [0.25, 0.3) is 11.1 Å². The summed E-state index contributed by atoms with van der Waals surface area (Å²) >= 11 is 0. The Balaban J connectivity index is 1.99. The lowest BCUT2D eigenvalue weighted by atomic mass is 9.91. The first kappa shape index (κ1) is 16.7. The van der Waals surface area contributed by atoms with Crippen LogP contribution in [0.15, 0.2) is 42.5 Å². The van der Waals surface area contributed by atoms with Crippen LogP contribution in [-0.4, -0.2) is 17.6 Å². The van der Waals surface area contributed by atoms with Crippen LogP contribution in [0.4, 0.5) is 13.2 Å². The Morgan fingerprint density at radius 2 is 1.71 bits per heavy atom. The molecule has 126 valence electrons. The molecule has 0 spiro atoms. The van der Waals surface area contributed by atoms with E-state index in [-0.39, 0.29) is 5.56 Å².